The Morgan fingerprint density at radius 2 is 0.706 bits per heavy atom. The van der Waals surface area contributed by atoms with Gasteiger partial charge < -0.3 is 14.2 Å². The normalized spacial score (nSPS) is 13.1. The molecule has 2 aliphatic rings. The van der Waals surface area contributed by atoms with Gasteiger partial charge in [-0.05, 0) is 167 Å². The molecule has 0 aliphatic heterocycles. The third kappa shape index (κ3) is 9.92. The number of nitrogens with zero attached hydrogens (tertiary/aromatic N) is 2. The highest BCUT2D eigenvalue weighted by molar-refractivity contribution is 7.26. The van der Waals surface area contributed by atoms with Crippen molar-refractivity contribution in [3.63, 3.8) is 0 Å². The van der Waals surface area contributed by atoms with E-state index in [2.05, 4.69) is 383 Å². The summed E-state index contributed by atoms with van der Waals surface area (Å²) in [4.78, 5) is 4.81. The van der Waals surface area contributed by atoms with Crippen molar-refractivity contribution in [3.05, 3.63) is 374 Å². The maximum absolute atomic E-state index is 6.82. The van der Waals surface area contributed by atoms with Gasteiger partial charge in [0.2, 0.25) is 0 Å². The lowest BCUT2D eigenvalue weighted by Gasteiger charge is -2.27. The first-order valence-corrected chi connectivity index (χ1v) is 36.2. The van der Waals surface area contributed by atoms with E-state index in [0.717, 1.165) is 72.6 Å². The summed E-state index contributed by atoms with van der Waals surface area (Å²) in [7, 11) is 0. The molecule has 0 unspecified atom stereocenters. The van der Waals surface area contributed by atoms with E-state index in [-0.39, 0.29) is 10.8 Å². The van der Waals surface area contributed by atoms with Gasteiger partial charge in [-0.3, -0.25) is 0 Å². The molecular formula is C98H70N2OS. The van der Waals surface area contributed by atoms with Crippen LogP contribution in [0.1, 0.15) is 49.9 Å². The average Bonchev–Trinajstić information content (AvgIpc) is 1.55. The molecule has 484 valence electrons. The van der Waals surface area contributed by atoms with Crippen molar-refractivity contribution < 1.29 is 4.42 Å². The molecule has 0 fully saturated rings. The first-order chi connectivity index (χ1) is 50.1. The molecule has 2 heterocycles. The van der Waals surface area contributed by atoms with Gasteiger partial charge in [0.1, 0.15) is 11.2 Å². The molecule has 0 bridgehead atoms. The Kier molecular flexibility index (Phi) is 14.4. The topological polar surface area (TPSA) is 19.6 Å². The first kappa shape index (κ1) is 60.8. The molecule has 2 aromatic heterocycles. The van der Waals surface area contributed by atoms with Gasteiger partial charge >= 0.3 is 0 Å². The van der Waals surface area contributed by atoms with E-state index >= 15 is 0 Å². The van der Waals surface area contributed by atoms with Crippen molar-refractivity contribution in [1.82, 2.24) is 0 Å². The molecule has 0 saturated heterocycles. The number of benzene rings is 16. The molecule has 0 N–H and O–H groups in total. The molecule has 3 nitrogen and oxygen atoms in total. The van der Waals surface area contributed by atoms with E-state index in [1.54, 1.807) is 0 Å². The van der Waals surface area contributed by atoms with Gasteiger partial charge in [0.15, 0.2) is 0 Å². The van der Waals surface area contributed by atoms with Crippen LogP contribution in [0.5, 0.6) is 0 Å². The Morgan fingerprint density at radius 1 is 0.265 bits per heavy atom. The first-order valence-electron chi connectivity index (χ1n) is 35.4. The lowest BCUT2D eigenvalue weighted by molar-refractivity contribution is 0.660. The second kappa shape index (κ2) is 24.2. The number of rotatable bonds is 10. The fourth-order valence-electron chi connectivity index (χ4n) is 16.8. The Balaban J connectivity index is 0.000000141. The van der Waals surface area contributed by atoms with Crippen molar-refractivity contribution in [1.29, 1.82) is 0 Å². The van der Waals surface area contributed by atoms with Crippen molar-refractivity contribution >= 4 is 109 Å². The molecule has 0 amide bonds. The second-order valence-electron chi connectivity index (χ2n) is 28.2. The maximum Gasteiger partial charge on any atom is 0.143 e. The second-order valence-corrected chi connectivity index (χ2v) is 29.3. The van der Waals surface area contributed by atoms with Crippen LogP contribution in [-0.4, -0.2) is 0 Å². The minimum atomic E-state index is -0.0695. The van der Waals surface area contributed by atoms with Crippen molar-refractivity contribution in [2.45, 2.75) is 38.5 Å². The molecule has 102 heavy (non-hydrogen) atoms. The van der Waals surface area contributed by atoms with E-state index in [4.69, 9.17) is 4.42 Å². The Bertz CT molecular complexity index is 6310. The summed E-state index contributed by atoms with van der Waals surface area (Å²) in [5.74, 6) is 0. The summed E-state index contributed by atoms with van der Waals surface area (Å²) in [6.45, 7) is 9.49. The van der Waals surface area contributed by atoms with Crippen LogP contribution in [0.3, 0.4) is 0 Å². The van der Waals surface area contributed by atoms with Crippen LogP contribution in [-0.2, 0) is 10.8 Å². The van der Waals surface area contributed by atoms with Gasteiger partial charge in [-0.25, -0.2) is 0 Å². The zero-order valence-electron chi connectivity index (χ0n) is 57.2. The number of fused-ring (bicyclic) bond motifs is 15. The highest BCUT2D eigenvalue weighted by atomic mass is 32.1. The number of hydrogen-bond donors (Lipinski definition) is 0. The Hall–Kier alpha value is -12.3. The largest absolute Gasteiger partial charge is 0.455 e. The van der Waals surface area contributed by atoms with E-state index in [9.17, 15) is 0 Å². The number of hydrogen-bond acceptors (Lipinski definition) is 4. The summed E-state index contributed by atoms with van der Waals surface area (Å²) in [6.07, 6.45) is 0. The number of furan rings is 1. The average molecular weight is 1320 g/mol. The zero-order chi connectivity index (χ0) is 68.2. The predicted molar refractivity (Wildman–Crippen MR) is 434 cm³/mol. The van der Waals surface area contributed by atoms with Crippen LogP contribution in [0, 0.1) is 0 Å². The van der Waals surface area contributed by atoms with Crippen LogP contribution < -0.4 is 9.80 Å². The SMILES string of the molecule is CC1(C)c2ccccc2-c2ccc(-c3ccc(N(c4ccccc4)c4cccc5c4sc4ccc6c(c45)C(C)(C)c4ccccc4-6)cc3)cc21.c1ccc(-c2cccc3c2oc2c(-c4cccc(N(c5ccc(-c6cccc7ccccc67)cc5)c5cccc6ccccc56)c4)cccc23)cc1. The molecule has 2 aliphatic carbocycles. The van der Waals surface area contributed by atoms with Crippen molar-refractivity contribution in [2.24, 2.45) is 0 Å². The summed E-state index contributed by atoms with van der Waals surface area (Å²) in [6, 6.07) is 128. The van der Waals surface area contributed by atoms with Gasteiger partial charge in [-0.1, -0.05) is 307 Å². The zero-order valence-corrected chi connectivity index (χ0v) is 58.0. The minimum absolute atomic E-state index is 0.0208. The fraction of sp³-hybridized carbons (Fsp3) is 0.0612. The van der Waals surface area contributed by atoms with Gasteiger partial charge in [-0.2, -0.15) is 0 Å². The molecule has 0 spiro atoms. The van der Waals surface area contributed by atoms with Gasteiger partial charge in [0.05, 0.1) is 16.1 Å². The van der Waals surface area contributed by atoms with Crippen molar-refractivity contribution in [2.75, 3.05) is 9.80 Å². The van der Waals surface area contributed by atoms with E-state index in [1.807, 2.05) is 17.4 Å². The number of para-hydroxylation sites is 3. The van der Waals surface area contributed by atoms with Crippen LogP contribution >= 0.6 is 11.3 Å². The maximum atomic E-state index is 6.82. The lowest BCUT2D eigenvalue weighted by Crippen LogP contribution is -2.15. The molecule has 0 atom stereocenters. The van der Waals surface area contributed by atoms with E-state index in [0.29, 0.717) is 0 Å². The van der Waals surface area contributed by atoms with E-state index in [1.165, 1.54) is 114 Å². The van der Waals surface area contributed by atoms with Crippen LogP contribution in [0.2, 0.25) is 0 Å². The Labute approximate surface area is 598 Å². The standard InChI is InChI=1S/C50H33NO.C48H37NS/c1-2-13-36(14-3-1)44-24-11-26-46-47-27-12-25-45(50(47)52-49(44)46)38-19-8-20-40(33-38)51(48-28-10-18-35-16-5-7-22-43(35)48)39-31-29-37(30-32-39)42-23-9-17-34-15-4-6-21-41(34)42;1-47(2)39-18-10-8-15-34(39)36-26-23-31(29-41(36)47)30-21-24-33(25-22-30)49(32-13-6-5-7-14-32)42-20-12-17-38-44-43(50-46(38)42)28-27-37-35-16-9-11-19-40(35)48(3,4)45(37)44/h1-33H;5-29H,1-4H3. The molecule has 4 heteroatoms. The van der Waals surface area contributed by atoms with Crippen LogP contribution in [0.4, 0.5) is 34.1 Å². The quantitative estimate of drug-likeness (QED) is 0.136. The van der Waals surface area contributed by atoms with Crippen LogP contribution in [0.15, 0.2) is 356 Å². The monoisotopic (exact) mass is 1320 g/mol. The molecule has 0 saturated carbocycles. The molecule has 18 aromatic rings. The summed E-state index contributed by atoms with van der Waals surface area (Å²) >= 11 is 1.92. The minimum Gasteiger partial charge on any atom is -0.455 e. The van der Waals surface area contributed by atoms with Gasteiger partial charge in [0, 0.05) is 76.3 Å². The lowest BCUT2D eigenvalue weighted by atomic mass is 9.80. The molecule has 20 rings (SSSR count). The highest BCUT2D eigenvalue weighted by Crippen LogP contribution is 2.56. The molecular weight excluding hydrogens is 1250 g/mol. The highest BCUT2D eigenvalue weighted by Gasteiger charge is 2.39. The smallest absolute Gasteiger partial charge is 0.143 e. The van der Waals surface area contributed by atoms with Crippen LogP contribution in [0.25, 0.3) is 130 Å². The fourth-order valence-corrected chi connectivity index (χ4v) is 18.0. The summed E-state index contributed by atoms with van der Waals surface area (Å²) in [5, 5.41) is 9.87. The molecule has 0 radical (unpaired) electrons. The number of thiophene rings is 1. The summed E-state index contributed by atoms with van der Waals surface area (Å²) < 4.78 is 9.48. The third-order valence-corrected chi connectivity index (χ3v) is 22.9. The third-order valence-electron chi connectivity index (χ3n) is 21.7. The number of anilines is 6. The Morgan fingerprint density at radius 3 is 1.43 bits per heavy atom. The summed E-state index contributed by atoms with van der Waals surface area (Å²) in [5.41, 5.74) is 29.0. The van der Waals surface area contributed by atoms with Gasteiger partial charge in [-0.15, -0.1) is 11.3 Å². The van der Waals surface area contributed by atoms with Gasteiger partial charge in [0.25, 0.3) is 0 Å². The predicted octanol–water partition coefficient (Wildman–Crippen LogP) is 28.2. The van der Waals surface area contributed by atoms with Crippen molar-refractivity contribution in [3.8, 4) is 66.8 Å². The molecule has 16 aromatic carbocycles. The van der Waals surface area contributed by atoms with E-state index < -0.39 is 0 Å².